The summed E-state index contributed by atoms with van der Waals surface area (Å²) in [6.07, 6.45) is 7.05. The van der Waals surface area contributed by atoms with Crippen molar-refractivity contribution in [3.8, 4) is 5.75 Å². The zero-order chi connectivity index (χ0) is 19.6. The molecule has 0 spiro atoms. The lowest BCUT2D eigenvalue weighted by atomic mass is 10.0. The van der Waals surface area contributed by atoms with Crippen molar-refractivity contribution in [3.05, 3.63) is 29.8 Å². The van der Waals surface area contributed by atoms with E-state index in [4.69, 9.17) is 9.47 Å². The van der Waals surface area contributed by atoms with Gasteiger partial charge in [0, 0.05) is 18.2 Å². The molecule has 0 aromatic heterocycles. The number of benzene rings is 1. The first-order valence-electron chi connectivity index (χ1n) is 10.2. The summed E-state index contributed by atoms with van der Waals surface area (Å²) in [7, 11) is 0. The Morgan fingerprint density at radius 1 is 1.07 bits per heavy atom. The lowest BCUT2D eigenvalue weighted by molar-refractivity contribution is -0.143. The van der Waals surface area contributed by atoms with Crippen molar-refractivity contribution in [1.82, 2.24) is 4.90 Å². The van der Waals surface area contributed by atoms with Crippen LogP contribution in [0.25, 0.3) is 0 Å². The third-order valence-corrected chi connectivity index (χ3v) is 4.86. The van der Waals surface area contributed by atoms with E-state index in [0.29, 0.717) is 18.7 Å². The fourth-order valence-corrected chi connectivity index (χ4v) is 3.58. The minimum absolute atomic E-state index is 0.0118. The van der Waals surface area contributed by atoms with E-state index < -0.39 is 0 Å². The minimum atomic E-state index is -0.246. The topological polar surface area (TPSA) is 55.8 Å². The Balaban J connectivity index is 2.12. The molecule has 5 heteroatoms. The molecule has 1 aromatic rings. The average molecular weight is 376 g/mol. The van der Waals surface area contributed by atoms with Crippen LogP contribution in [0.1, 0.15) is 76.1 Å². The average Bonchev–Trinajstić information content (AvgIpc) is 2.91. The summed E-state index contributed by atoms with van der Waals surface area (Å²) in [4.78, 5) is 26.9. The summed E-state index contributed by atoms with van der Waals surface area (Å²) in [5.41, 5.74) is 0.638. The Morgan fingerprint density at radius 3 is 2.26 bits per heavy atom. The van der Waals surface area contributed by atoms with Gasteiger partial charge in [-0.25, -0.2) is 0 Å². The minimum Gasteiger partial charge on any atom is -0.491 e. The molecule has 0 atom stereocenters. The Bertz CT molecular complexity index is 589. The standard InChI is InChI=1S/C22H33NO4/c1-4-26-21(24)15-16-23(19-9-7-5-6-8-10-19)22(25)18-11-13-20(14-12-18)27-17(2)3/h11-14,17,19H,4-10,15-16H2,1-3H3. The predicted octanol–water partition coefficient (Wildman–Crippen LogP) is 4.59. The molecule has 0 unspecified atom stereocenters. The molecule has 150 valence electrons. The van der Waals surface area contributed by atoms with Crippen molar-refractivity contribution in [2.75, 3.05) is 13.2 Å². The van der Waals surface area contributed by atoms with Gasteiger partial charge in [0.05, 0.1) is 19.1 Å². The van der Waals surface area contributed by atoms with E-state index in [1.807, 2.05) is 43.0 Å². The van der Waals surface area contributed by atoms with Gasteiger partial charge in [0.2, 0.25) is 0 Å². The molecule has 1 amide bonds. The van der Waals surface area contributed by atoms with Gasteiger partial charge in [-0.2, -0.15) is 0 Å². The number of hydrogen-bond donors (Lipinski definition) is 0. The zero-order valence-corrected chi connectivity index (χ0v) is 16.9. The third-order valence-electron chi connectivity index (χ3n) is 4.86. The van der Waals surface area contributed by atoms with Crippen molar-refractivity contribution in [1.29, 1.82) is 0 Å². The summed E-state index contributed by atoms with van der Waals surface area (Å²) < 4.78 is 10.7. The molecule has 2 rings (SSSR count). The van der Waals surface area contributed by atoms with E-state index >= 15 is 0 Å². The molecule has 0 N–H and O–H groups in total. The molecule has 1 aliphatic rings. The fourth-order valence-electron chi connectivity index (χ4n) is 3.58. The normalized spacial score (nSPS) is 15.3. The van der Waals surface area contributed by atoms with E-state index in [1.54, 1.807) is 6.92 Å². The molecule has 0 bridgehead atoms. The van der Waals surface area contributed by atoms with Crippen LogP contribution in [0.15, 0.2) is 24.3 Å². The molecule has 0 aliphatic heterocycles. The Kier molecular flexibility index (Phi) is 8.62. The Morgan fingerprint density at radius 2 is 1.70 bits per heavy atom. The number of esters is 1. The first-order valence-corrected chi connectivity index (χ1v) is 10.2. The third kappa shape index (κ3) is 6.89. The number of carbonyl (C=O) groups excluding carboxylic acids is 2. The summed E-state index contributed by atoms with van der Waals surface area (Å²) in [6.45, 7) is 6.53. The van der Waals surface area contributed by atoms with Gasteiger partial charge in [-0.05, 0) is 57.9 Å². The van der Waals surface area contributed by atoms with Gasteiger partial charge in [0.25, 0.3) is 5.91 Å². The number of rotatable bonds is 8. The monoisotopic (exact) mass is 375 g/mol. The van der Waals surface area contributed by atoms with E-state index in [9.17, 15) is 9.59 Å². The Labute approximate surface area is 163 Å². The summed E-state index contributed by atoms with van der Waals surface area (Å²) in [5, 5.41) is 0. The molecule has 0 saturated heterocycles. The molecule has 5 nitrogen and oxygen atoms in total. The Hall–Kier alpha value is -2.04. The SMILES string of the molecule is CCOC(=O)CCN(C(=O)c1ccc(OC(C)C)cc1)C1CCCCCC1. The maximum atomic E-state index is 13.2. The van der Waals surface area contributed by atoms with Crippen LogP contribution in [-0.4, -0.2) is 42.1 Å². The highest BCUT2D eigenvalue weighted by molar-refractivity contribution is 5.94. The van der Waals surface area contributed by atoms with Crippen molar-refractivity contribution in [2.24, 2.45) is 0 Å². The van der Waals surface area contributed by atoms with E-state index in [1.165, 1.54) is 12.8 Å². The van der Waals surface area contributed by atoms with Crippen LogP contribution < -0.4 is 4.74 Å². The van der Waals surface area contributed by atoms with Gasteiger partial charge in [0.1, 0.15) is 5.75 Å². The van der Waals surface area contributed by atoms with Crippen LogP contribution >= 0.6 is 0 Å². The smallest absolute Gasteiger partial charge is 0.307 e. The highest BCUT2D eigenvalue weighted by Crippen LogP contribution is 2.24. The highest BCUT2D eigenvalue weighted by atomic mass is 16.5. The molecular formula is C22H33NO4. The largest absolute Gasteiger partial charge is 0.491 e. The lowest BCUT2D eigenvalue weighted by Gasteiger charge is -2.31. The molecule has 0 heterocycles. The van der Waals surface area contributed by atoms with Crippen LogP contribution in [0, 0.1) is 0 Å². The van der Waals surface area contributed by atoms with Gasteiger partial charge >= 0.3 is 5.97 Å². The lowest BCUT2D eigenvalue weighted by Crippen LogP contribution is -2.41. The number of carbonyl (C=O) groups is 2. The van der Waals surface area contributed by atoms with Crippen molar-refractivity contribution in [3.63, 3.8) is 0 Å². The summed E-state index contributed by atoms with van der Waals surface area (Å²) in [5.74, 6) is 0.501. The second kappa shape index (κ2) is 11.0. The highest BCUT2D eigenvalue weighted by Gasteiger charge is 2.26. The van der Waals surface area contributed by atoms with Crippen LogP contribution in [0.4, 0.5) is 0 Å². The van der Waals surface area contributed by atoms with Crippen LogP contribution in [0.2, 0.25) is 0 Å². The molecular weight excluding hydrogens is 342 g/mol. The van der Waals surface area contributed by atoms with E-state index in [-0.39, 0.29) is 30.4 Å². The molecule has 1 saturated carbocycles. The second-order valence-corrected chi connectivity index (χ2v) is 7.39. The fraction of sp³-hybridized carbons (Fsp3) is 0.636. The number of nitrogens with zero attached hydrogens (tertiary/aromatic N) is 1. The van der Waals surface area contributed by atoms with E-state index in [2.05, 4.69) is 0 Å². The van der Waals surface area contributed by atoms with Crippen molar-refractivity contribution in [2.45, 2.75) is 77.9 Å². The van der Waals surface area contributed by atoms with Gasteiger partial charge < -0.3 is 14.4 Å². The van der Waals surface area contributed by atoms with E-state index in [0.717, 1.165) is 31.4 Å². The first kappa shape index (κ1) is 21.3. The maximum absolute atomic E-state index is 13.2. The van der Waals surface area contributed by atoms with Crippen LogP contribution in [0.3, 0.4) is 0 Å². The summed E-state index contributed by atoms with van der Waals surface area (Å²) in [6, 6.07) is 7.50. The maximum Gasteiger partial charge on any atom is 0.307 e. The molecule has 1 fully saturated rings. The van der Waals surface area contributed by atoms with Gasteiger partial charge in [-0.3, -0.25) is 9.59 Å². The van der Waals surface area contributed by atoms with Crippen LogP contribution in [-0.2, 0) is 9.53 Å². The molecule has 27 heavy (non-hydrogen) atoms. The number of amides is 1. The van der Waals surface area contributed by atoms with Crippen LogP contribution in [0.5, 0.6) is 5.75 Å². The predicted molar refractivity (Wildman–Crippen MR) is 106 cm³/mol. The van der Waals surface area contributed by atoms with Gasteiger partial charge in [-0.1, -0.05) is 25.7 Å². The van der Waals surface area contributed by atoms with Crippen molar-refractivity contribution < 1.29 is 19.1 Å². The number of hydrogen-bond acceptors (Lipinski definition) is 4. The summed E-state index contributed by atoms with van der Waals surface area (Å²) >= 11 is 0. The first-order chi connectivity index (χ1) is 13.0. The zero-order valence-electron chi connectivity index (χ0n) is 16.9. The molecule has 0 radical (unpaired) electrons. The van der Waals surface area contributed by atoms with Crippen molar-refractivity contribution >= 4 is 11.9 Å². The number of ether oxygens (including phenoxy) is 2. The molecule has 1 aromatic carbocycles. The van der Waals surface area contributed by atoms with Gasteiger partial charge in [0.15, 0.2) is 0 Å². The van der Waals surface area contributed by atoms with Gasteiger partial charge in [-0.15, -0.1) is 0 Å². The molecule has 1 aliphatic carbocycles. The quantitative estimate of drug-likeness (QED) is 0.492. The second-order valence-electron chi connectivity index (χ2n) is 7.39.